The van der Waals surface area contributed by atoms with Crippen LogP contribution in [0.15, 0.2) is 107 Å². The van der Waals surface area contributed by atoms with Gasteiger partial charge in [0.05, 0.1) is 11.8 Å². The van der Waals surface area contributed by atoms with E-state index in [2.05, 4.69) is 31.8 Å². The number of ether oxygens (including phenoxy) is 1. The molecule has 0 heterocycles. The quantitative estimate of drug-likeness (QED) is 0.126. The number of hydrazone groups is 1. The Balaban J connectivity index is 1.38. The molecular formula is C29H22BrN3O4. The summed E-state index contributed by atoms with van der Waals surface area (Å²) in [5.41, 5.74) is 5.83. The molecule has 37 heavy (non-hydrogen) atoms. The van der Waals surface area contributed by atoms with E-state index in [4.69, 9.17) is 4.74 Å². The highest BCUT2D eigenvalue weighted by molar-refractivity contribution is 9.10. The summed E-state index contributed by atoms with van der Waals surface area (Å²) >= 11 is 3.39. The Morgan fingerprint density at radius 1 is 0.784 bits per heavy atom. The van der Waals surface area contributed by atoms with E-state index in [0.717, 1.165) is 10.0 Å². The summed E-state index contributed by atoms with van der Waals surface area (Å²) in [6, 6.07) is 27.5. The molecular weight excluding hydrogens is 534 g/mol. The fourth-order valence-electron chi connectivity index (χ4n) is 3.37. The van der Waals surface area contributed by atoms with Crippen molar-refractivity contribution >= 4 is 45.6 Å². The van der Waals surface area contributed by atoms with Crippen molar-refractivity contribution in [1.29, 1.82) is 0 Å². The maximum Gasteiger partial charge on any atom is 0.343 e. The predicted molar refractivity (Wildman–Crippen MR) is 146 cm³/mol. The Morgan fingerprint density at radius 3 is 2.24 bits per heavy atom. The third-order valence-corrected chi connectivity index (χ3v) is 5.73. The number of aryl methyl sites for hydroxylation is 1. The third kappa shape index (κ3) is 6.99. The Hall–Kier alpha value is -4.56. The number of nitrogens with zero attached hydrogens (tertiary/aromatic N) is 1. The van der Waals surface area contributed by atoms with E-state index in [1.165, 1.54) is 6.21 Å². The molecule has 0 fully saturated rings. The molecule has 0 atom stereocenters. The lowest BCUT2D eigenvalue weighted by molar-refractivity contribution is 0.0734. The molecule has 0 aliphatic heterocycles. The highest BCUT2D eigenvalue weighted by Crippen LogP contribution is 2.23. The first-order valence-electron chi connectivity index (χ1n) is 11.3. The zero-order valence-corrected chi connectivity index (χ0v) is 21.4. The van der Waals surface area contributed by atoms with Crippen molar-refractivity contribution in [2.24, 2.45) is 5.10 Å². The molecule has 8 heteroatoms. The standard InChI is InChI=1S/C29H22BrN3O4/c1-19-6-5-9-22(16-19)27(34)32-25-13-10-20(11-14-25)28(35)33-31-18-23-17-24(30)12-15-26(23)37-29(36)21-7-3-2-4-8-21/h2-18H,1H3,(H,32,34)(H,33,35)/b31-18-. The molecule has 0 aliphatic carbocycles. The van der Waals surface area contributed by atoms with E-state index < -0.39 is 11.9 Å². The van der Waals surface area contributed by atoms with E-state index >= 15 is 0 Å². The van der Waals surface area contributed by atoms with Crippen LogP contribution in [-0.4, -0.2) is 24.0 Å². The highest BCUT2D eigenvalue weighted by Gasteiger charge is 2.12. The van der Waals surface area contributed by atoms with Crippen LogP contribution in [0.2, 0.25) is 0 Å². The van der Waals surface area contributed by atoms with Gasteiger partial charge in [-0.2, -0.15) is 5.10 Å². The van der Waals surface area contributed by atoms with Gasteiger partial charge in [0.1, 0.15) is 5.75 Å². The lowest BCUT2D eigenvalue weighted by Crippen LogP contribution is -2.18. The first kappa shape index (κ1) is 25.5. The lowest BCUT2D eigenvalue weighted by Gasteiger charge is -2.08. The van der Waals surface area contributed by atoms with Crippen LogP contribution in [0.25, 0.3) is 0 Å². The van der Waals surface area contributed by atoms with Crippen molar-refractivity contribution in [3.63, 3.8) is 0 Å². The van der Waals surface area contributed by atoms with Crippen LogP contribution < -0.4 is 15.5 Å². The summed E-state index contributed by atoms with van der Waals surface area (Å²) in [7, 11) is 0. The van der Waals surface area contributed by atoms with E-state index in [1.54, 1.807) is 78.9 Å². The molecule has 0 saturated heterocycles. The summed E-state index contributed by atoms with van der Waals surface area (Å²) in [6.07, 6.45) is 1.40. The van der Waals surface area contributed by atoms with Gasteiger partial charge in [0.15, 0.2) is 0 Å². The van der Waals surface area contributed by atoms with Crippen LogP contribution >= 0.6 is 15.9 Å². The van der Waals surface area contributed by atoms with Crippen molar-refractivity contribution in [1.82, 2.24) is 5.43 Å². The highest BCUT2D eigenvalue weighted by atomic mass is 79.9. The lowest BCUT2D eigenvalue weighted by atomic mass is 10.1. The smallest absolute Gasteiger partial charge is 0.343 e. The minimum Gasteiger partial charge on any atom is -0.422 e. The van der Waals surface area contributed by atoms with Gasteiger partial charge in [-0.25, -0.2) is 10.2 Å². The fourth-order valence-corrected chi connectivity index (χ4v) is 3.74. The normalized spacial score (nSPS) is 10.6. The maximum atomic E-state index is 12.5. The van der Waals surface area contributed by atoms with Gasteiger partial charge in [0, 0.05) is 26.9 Å². The monoisotopic (exact) mass is 555 g/mol. The van der Waals surface area contributed by atoms with E-state index in [1.807, 2.05) is 25.1 Å². The number of halogens is 1. The number of benzene rings is 4. The third-order valence-electron chi connectivity index (χ3n) is 5.24. The molecule has 0 spiro atoms. The second-order valence-electron chi connectivity index (χ2n) is 8.04. The molecule has 7 nitrogen and oxygen atoms in total. The molecule has 2 amide bonds. The van der Waals surface area contributed by atoms with Crippen LogP contribution in [0.3, 0.4) is 0 Å². The van der Waals surface area contributed by atoms with Gasteiger partial charge in [-0.3, -0.25) is 9.59 Å². The molecule has 0 saturated carbocycles. The van der Waals surface area contributed by atoms with Gasteiger partial charge >= 0.3 is 5.97 Å². The summed E-state index contributed by atoms with van der Waals surface area (Å²) in [4.78, 5) is 37.4. The summed E-state index contributed by atoms with van der Waals surface area (Å²) in [5.74, 6) is -0.881. The number of hydrogen-bond acceptors (Lipinski definition) is 5. The zero-order chi connectivity index (χ0) is 26.2. The Labute approximate surface area is 222 Å². The molecule has 0 aromatic heterocycles. The zero-order valence-electron chi connectivity index (χ0n) is 19.8. The molecule has 0 radical (unpaired) electrons. The van der Waals surface area contributed by atoms with Gasteiger partial charge < -0.3 is 10.1 Å². The maximum absolute atomic E-state index is 12.5. The molecule has 0 bridgehead atoms. The minimum atomic E-state index is -0.504. The number of nitrogens with one attached hydrogen (secondary N) is 2. The number of esters is 1. The van der Waals surface area contributed by atoms with Gasteiger partial charge in [-0.15, -0.1) is 0 Å². The molecule has 4 aromatic rings. The molecule has 0 unspecified atom stereocenters. The van der Waals surface area contributed by atoms with Crippen LogP contribution in [0.5, 0.6) is 5.75 Å². The van der Waals surface area contributed by atoms with Gasteiger partial charge in [-0.05, 0) is 73.7 Å². The molecule has 2 N–H and O–H groups in total. The average Bonchev–Trinajstić information content (AvgIpc) is 2.91. The first-order valence-corrected chi connectivity index (χ1v) is 12.1. The summed E-state index contributed by atoms with van der Waals surface area (Å²) < 4.78 is 6.27. The second kappa shape index (κ2) is 11.9. The van der Waals surface area contributed by atoms with Crippen molar-refractivity contribution in [2.75, 3.05) is 5.32 Å². The fraction of sp³-hybridized carbons (Fsp3) is 0.0345. The average molecular weight is 556 g/mol. The Bertz CT molecular complexity index is 1470. The first-order chi connectivity index (χ1) is 17.9. The Kier molecular flexibility index (Phi) is 8.22. The number of anilines is 1. The molecule has 184 valence electrons. The van der Waals surface area contributed by atoms with Crippen LogP contribution in [-0.2, 0) is 0 Å². The van der Waals surface area contributed by atoms with Gasteiger partial charge in [-0.1, -0.05) is 51.8 Å². The minimum absolute atomic E-state index is 0.233. The number of amides is 2. The van der Waals surface area contributed by atoms with Gasteiger partial charge in [0.25, 0.3) is 11.8 Å². The molecule has 4 aromatic carbocycles. The molecule has 4 rings (SSSR count). The number of carbonyl (C=O) groups excluding carboxylic acids is 3. The predicted octanol–water partition coefficient (Wildman–Crippen LogP) is 5.99. The van der Waals surface area contributed by atoms with Crippen LogP contribution in [0.1, 0.15) is 42.2 Å². The largest absolute Gasteiger partial charge is 0.422 e. The summed E-state index contributed by atoms with van der Waals surface area (Å²) in [5, 5.41) is 6.82. The van der Waals surface area contributed by atoms with E-state index in [9.17, 15) is 14.4 Å². The number of rotatable bonds is 7. The Morgan fingerprint density at radius 2 is 1.51 bits per heavy atom. The molecule has 0 aliphatic rings. The number of hydrogen-bond donors (Lipinski definition) is 2. The van der Waals surface area contributed by atoms with Crippen molar-refractivity contribution in [3.8, 4) is 5.75 Å². The number of carbonyl (C=O) groups is 3. The second-order valence-corrected chi connectivity index (χ2v) is 8.95. The van der Waals surface area contributed by atoms with Crippen molar-refractivity contribution in [3.05, 3.63) is 129 Å². The topological polar surface area (TPSA) is 96.9 Å². The van der Waals surface area contributed by atoms with Crippen LogP contribution in [0, 0.1) is 6.92 Å². The van der Waals surface area contributed by atoms with Crippen LogP contribution in [0.4, 0.5) is 5.69 Å². The van der Waals surface area contributed by atoms with Gasteiger partial charge in [0.2, 0.25) is 0 Å². The van der Waals surface area contributed by atoms with E-state index in [0.29, 0.717) is 33.7 Å². The SMILES string of the molecule is Cc1cccc(C(=O)Nc2ccc(C(=O)N/N=C\c3cc(Br)ccc3OC(=O)c3ccccc3)cc2)c1. The summed E-state index contributed by atoms with van der Waals surface area (Å²) in [6.45, 7) is 1.92. The van der Waals surface area contributed by atoms with Crippen molar-refractivity contribution < 1.29 is 19.1 Å². The van der Waals surface area contributed by atoms with E-state index in [-0.39, 0.29) is 5.91 Å². The van der Waals surface area contributed by atoms with Crippen molar-refractivity contribution in [2.45, 2.75) is 6.92 Å².